The fraction of sp³-hybridized carbons (Fsp3) is 0.417. The topological polar surface area (TPSA) is 77.5 Å². The van der Waals surface area contributed by atoms with Gasteiger partial charge in [-0.1, -0.05) is 31.3 Å². The maximum absolute atomic E-state index is 13.2. The quantitative estimate of drug-likeness (QED) is 0.589. The Bertz CT molecular complexity index is 1110. The second-order valence-electron chi connectivity index (χ2n) is 8.73. The number of nitrogens with zero attached hydrogens (tertiary/aromatic N) is 6. The molecule has 9 heteroatoms. The molecule has 1 saturated heterocycles. The smallest absolute Gasteiger partial charge is 0.267 e. The maximum atomic E-state index is 13.2. The monoisotopic (exact) mass is 465 g/mol. The van der Waals surface area contributed by atoms with Crippen LogP contribution >= 0.6 is 11.3 Å². The molecular formula is C24H31N7OS. The minimum absolute atomic E-state index is 0.116. The van der Waals surface area contributed by atoms with Crippen molar-refractivity contribution >= 4 is 39.6 Å². The molecule has 1 N–H and O–H groups in total. The van der Waals surface area contributed by atoms with Crippen LogP contribution in [0.5, 0.6) is 0 Å². The van der Waals surface area contributed by atoms with Crippen molar-refractivity contribution in [2.45, 2.75) is 26.7 Å². The van der Waals surface area contributed by atoms with Gasteiger partial charge in [0.1, 0.15) is 10.7 Å². The molecule has 0 radical (unpaired) electrons. The fourth-order valence-corrected chi connectivity index (χ4v) is 4.75. The number of hydrogen-bond donors (Lipinski definition) is 1. The summed E-state index contributed by atoms with van der Waals surface area (Å²) in [5, 5.41) is 3.99. The minimum Gasteiger partial charge on any atom is -0.366 e. The zero-order valence-corrected chi connectivity index (χ0v) is 20.7. The van der Waals surface area contributed by atoms with Gasteiger partial charge in [-0.05, 0) is 30.5 Å². The van der Waals surface area contributed by atoms with Crippen LogP contribution in [0.3, 0.4) is 0 Å². The summed E-state index contributed by atoms with van der Waals surface area (Å²) in [5.74, 6) is 1.19. The van der Waals surface area contributed by atoms with Crippen LogP contribution in [-0.2, 0) is 0 Å². The molecule has 0 unspecified atom stereocenters. The summed E-state index contributed by atoms with van der Waals surface area (Å²) in [7, 11) is 3.87. The summed E-state index contributed by atoms with van der Waals surface area (Å²) in [6, 6.07) is 6.34. The van der Waals surface area contributed by atoms with Gasteiger partial charge in [0.05, 0.1) is 23.3 Å². The molecule has 1 amide bonds. The molecule has 8 nitrogen and oxygen atoms in total. The molecule has 3 heterocycles. The van der Waals surface area contributed by atoms with E-state index in [-0.39, 0.29) is 5.91 Å². The van der Waals surface area contributed by atoms with Crippen molar-refractivity contribution in [3.63, 3.8) is 0 Å². The number of rotatable bonds is 6. The van der Waals surface area contributed by atoms with Crippen LogP contribution in [0.4, 0.5) is 22.3 Å². The summed E-state index contributed by atoms with van der Waals surface area (Å²) in [5.41, 5.74) is 3.89. The van der Waals surface area contributed by atoms with Crippen LogP contribution < -0.4 is 20.0 Å². The van der Waals surface area contributed by atoms with Gasteiger partial charge >= 0.3 is 0 Å². The predicted octanol–water partition coefficient (Wildman–Crippen LogP) is 4.01. The number of amides is 1. The Morgan fingerprint density at radius 3 is 2.45 bits per heavy atom. The number of aromatic nitrogens is 3. The van der Waals surface area contributed by atoms with E-state index in [1.807, 2.05) is 32.0 Å². The lowest BCUT2D eigenvalue weighted by Crippen LogP contribution is -2.47. The highest BCUT2D eigenvalue weighted by atomic mass is 32.1. The lowest BCUT2D eigenvalue weighted by molar-refractivity contribution is 0.103. The van der Waals surface area contributed by atoms with Gasteiger partial charge in [0.25, 0.3) is 5.91 Å². The van der Waals surface area contributed by atoms with Crippen LogP contribution in [0.15, 0.2) is 36.8 Å². The van der Waals surface area contributed by atoms with Crippen molar-refractivity contribution in [3.05, 3.63) is 52.9 Å². The highest BCUT2D eigenvalue weighted by molar-refractivity contribution is 7.17. The molecule has 1 aromatic carbocycles. The Labute approximate surface area is 199 Å². The lowest BCUT2D eigenvalue weighted by Gasteiger charge is -2.37. The molecule has 3 aromatic rings. The molecular weight excluding hydrogens is 434 g/mol. The van der Waals surface area contributed by atoms with Gasteiger partial charge in [0.15, 0.2) is 5.13 Å². The van der Waals surface area contributed by atoms with Crippen LogP contribution in [0, 0.1) is 6.92 Å². The van der Waals surface area contributed by atoms with Gasteiger partial charge in [0.2, 0.25) is 0 Å². The number of nitrogens with one attached hydrogen (secondary N) is 1. The van der Waals surface area contributed by atoms with E-state index in [1.54, 1.807) is 18.6 Å². The van der Waals surface area contributed by atoms with Gasteiger partial charge < -0.3 is 20.0 Å². The number of anilines is 4. The van der Waals surface area contributed by atoms with E-state index in [2.05, 4.69) is 56.0 Å². The Hall–Kier alpha value is -3.20. The largest absolute Gasteiger partial charge is 0.366 e. The van der Waals surface area contributed by atoms with Crippen LogP contribution in [0.1, 0.15) is 40.7 Å². The molecule has 1 aliphatic heterocycles. The van der Waals surface area contributed by atoms with E-state index in [0.29, 0.717) is 10.8 Å². The third-order valence-electron chi connectivity index (χ3n) is 5.80. The van der Waals surface area contributed by atoms with E-state index in [1.165, 1.54) is 16.9 Å². The molecule has 4 rings (SSSR count). The third-order valence-corrected chi connectivity index (χ3v) is 7.13. The standard InChI is InChI=1S/C24H31N7OS/c1-16(2)18-6-7-19(28-23(32)22-17(3)27-24(33-22)29(4)5)20(14-18)30-10-12-31(13-11-30)21-15-25-8-9-26-21/h6-9,14-16H,10-13H2,1-5H3,(H,28,32). The first-order chi connectivity index (χ1) is 15.8. The highest BCUT2D eigenvalue weighted by Crippen LogP contribution is 2.33. The van der Waals surface area contributed by atoms with Gasteiger partial charge in [-0.25, -0.2) is 9.97 Å². The zero-order chi connectivity index (χ0) is 23.5. The molecule has 2 aromatic heterocycles. The molecule has 0 atom stereocenters. The first-order valence-electron chi connectivity index (χ1n) is 11.2. The van der Waals surface area contributed by atoms with Gasteiger partial charge in [-0.3, -0.25) is 9.78 Å². The zero-order valence-electron chi connectivity index (χ0n) is 19.9. The van der Waals surface area contributed by atoms with Crippen molar-refractivity contribution in [2.75, 3.05) is 60.3 Å². The van der Waals surface area contributed by atoms with Gasteiger partial charge in [-0.15, -0.1) is 0 Å². The molecule has 33 heavy (non-hydrogen) atoms. The molecule has 0 saturated carbocycles. The number of aryl methyl sites for hydroxylation is 1. The SMILES string of the molecule is Cc1nc(N(C)C)sc1C(=O)Nc1ccc(C(C)C)cc1N1CCN(c2cnccn2)CC1. The second kappa shape index (κ2) is 9.74. The maximum Gasteiger partial charge on any atom is 0.267 e. The molecule has 174 valence electrons. The predicted molar refractivity (Wildman–Crippen MR) is 136 cm³/mol. The molecule has 0 spiro atoms. The van der Waals surface area contributed by atoms with Crippen molar-refractivity contribution in [1.82, 2.24) is 15.0 Å². The summed E-state index contributed by atoms with van der Waals surface area (Å²) in [4.78, 5) is 33.5. The van der Waals surface area contributed by atoms with Crippen molar-refractivity contribution in [1.29, 1.82) is 0 Å². The number of hydrogen-bond acceptors (Lipinski definition) is 8. The summed E-state index contributed by atoms with van der Waals surface area (Å²) in [6.45, 7) is 9.62. The summed E-state index contributed by atoms with van der Waals surface area (Å²) in [6.07, 6.45) is 5.23. The normalized spacial score (nSPS) is 14.0. The van der Waals surface area contributed by atoms with Crippen molar-refractivity contribution < 1.29 is 4.79 Å². The average molecular weight is 466 g/mol. The Morgan fingerprint density at radius 1 is 1.12 bits per heavy atom. The van der Waals surface area contributed by atoms with Crippen LogP contribution in [0.2, 0.25) is 0 Å². The highest BCUT2D eigenvalue weighted by Gasteiger charge is 2.23. The van der Waals surface area contributed by atoms with E-state index < -0.39 is 0 Å². The minimum atomic E-state index is -0.116. The third kappa shape index (κ3) is 5.08. The van der Waals surface area contributed by atoms with Crippen LogP contribution in [0.25, 0.3) is 0 Å². The van der Waals surface area contributed by atoms with E-state index >= 15 is 0 Å². The Morgan fingerprint density at radius 2 is 1.85 bits per heavy atom. The Balaban J connectivity index is 1.56. The van der Waals surface area contributed by atoms with Gasteiger partial charge in [-0.2, -0.15) is 0 Å². The first-order valence-corrected chi connectivity index (χ1v) is 12.0. The van der Waals surface area contributed by atoms with Gasteiger partial charge in [0, 0.05) is 52.7 Å². The molecule has 1 aliphatic rings. The summed E-state index contributed by atoms with van der Waals surface area (Å²) < 4.78 is 0. The number of piperazine rings is 1. The van der Waals surface area contributed by atoms with Crippen molar-refractivity contribution in [2.24, 2.45) is 0 Å². The molecule has 0 bridgehead atoms. The van der Waals surface area contributed by atoms with E-state index in [9.17, 15) is 4.79 Å². The second-order valence-corrected chi connectivity index (χ2v) is 9.71. The molecule has 0 aliphatic carbocycles. The number of thiazole rings is 1. The molecule has 1 fully saturated rings. The fourth-order valence-electron chi connectivity index (χ4n) is 3.87. The Kier molecular flexibility index (Phi) is 6.78. The number of benzene rings is 1. The van der Waals surface area contributed by atoms with Crippen molar-refractivity contribution in [3.8, 4) is 0 Å². The summed E-state index contributed by atoms with van der Waals surface area (Å²) >= 11 is 1.41. The first kappa shape index (κ1) is 23.0. The van der Waals surface area contributed by atoms with Crippen LogP contribution in [-0.4, -0.2) is 61.1 Å². The average Bonchev–Trinajstić information content (AvgIpc) is 3.22. The van der Waals surface area contributed by atoms with E-state index in [4.69, 9.17) is 0 Å². The lowest BCUT2D eigenvalue weighted by atomic mass is 10.0. The number of carbonyl (C=O) groups is 1. The van der Waals surface area contributed by atoms with E-state index in [0.717, 1.165) is 54.2 Å². The number of carbonyl (C=O) groups excluding carboxylic acids is 1.